The highest BCUT2D eigenvalue weighted by molar-refractivity contribution is 5.25. The first-order valence-electron chi connectivity index (χ1n) is 7.48. The molecule has 0 radical (unpaired) electrons. The molecular weight excluding hydrogens is 232 g/mol. The first kappa shape index (κ1) is 14.5. The van der Waals surface area contributed by atoms with Gasteiger partial charge in [-0.3, -0.25) is 0 Å². The SMILES string of the molecule is Cc1ccccc1CCN(C)C1CCNC(C)(C)C1. The fourth-order valence-electron chi connectivity index (χ4n) is 3.09. The first-order valence-corrected chi connectivity index (χ1v) is 7.48. The summed E-state index contributed by atoms with van der Waals surface area (Å²) in [5, 5.41) is 3.60. The Labute approximate surface area is 118 Å². The molecule has 2 nitrogen and oxygen atoms in total. The van der Waals surface area contributed by atoms with E-state index in [9.17, 15) is 0 Å². The summed E-state index contributed by atoms with van der Waals surface area (Å²) < 4.78 is 0. The largest absolute Gasteiger partial charge is 0.312 e. The van der Waals surface area contributed by atoms with Crippen molar-refractivity contribution >= 4 is 0 Å². The van der Waals surface area contributed by atoms with Gasteiger partial charge in [-0.2, -0.15) is 0 Å². The molecule has 1 fully saturated rings. The molecule has 1 aliphatic heterocycles. The predicted octanol–water partition coefficient (Wildman–Crippen LogP) is 3.00. The molecular formula is C17H28N2. The van der Waals surface area contributed by atoms with Crippen molar-refractivity contribution in [3.05, 3.63) is 35.4 Å². The maximum atomic E-state index is 3.60. The quantitative estimate of drug-likeness (QED) is 0.895. The van der Waals surface area contributed by atoms with Gasteiger partial charge in [0.15, 0.2) is 0 Å². The molecule has 1 aromatic rings. The van der Waals surface area contributed by atoms with E-state index in [2.05, 4.69) is 62.3 Å². The Kier molecular flexibility index (Phi) is 4.64. The second-order valence-electron chi connectivity index (χ2n) is 6.61. The molecule has 1 aromatic carbocycles. The summed E-state index contributed by atoms with van der Waals surface area (Å²) in [4.78, 5) is 2.55. The fraction of sp³-hybridized carbons (Fsp3) is 0.647. The minimum atomic E-state index is 0.292. The third-order valence-electron chi connectivity index (χ3n) is 4.45. The number of aryl methyl sites for hydroxylation is 1. The molecule has 1 saturated heterocycles. The smallest absolute Gasteiger partial charge is 0.0140 e. The Morgan fingerprint density at radius 2 is 2.05 bits per heavy atom. The minimum Gasteiger partial charge on any atom is -0.312 e. The zero-order valence-corrected chi connectivity index (χ0v) is 12.9. The first-order chi connectivity index (χ1) is 8.98. The van der Waals surface area contributed by atoms with Gasteiger partial charge in [-0.15, -0.1) is 0 Å². The molecule has 19 heavy (non-hydrogen) atoms. The molecule has 2 heteroatoms. The molecule has 0 spiro atoms. The van der Waals surface area contributed by atoms with Gasteiger partial charge in [-0.25, -0.2) is 0 Å². The van der Waals surface area contributed by atoms with Gasteiger partial charge < -0.3 is 10.2 Å². The van der Waals surface area contributed by atoms with Crippen LogP contribution in [0.15, 0.2) is 24.3 Å². The second-order valence-corrected chi connectivity index (χ2v) is 6.61. The van der Waals surface area contributed by atoms with E-state index in [1.165, 1.54) is 24.0 Å². The van der Waals surface area contributed by atoms with Crippen LogP contribution in [0, 0.1) is 6.92 Å². The van der Waals surface area contributed by atoms with Gasteiger partial charge in [-0.05, 0) is 64.8 Å². The van der Waals surface area contributed by atoms with Crippen LogP contribution in [0.2, 0.25) is 0 Å². The average molecular weight is 260 g/mol. The Morgan fingerprint density at radius 3 is 2.74 bits per heavy atom. The highest BCUT2D eigenvalue weighted by Gasteiger charge is 2.29. The van der Waals surface area contributed by atoms with Gasteiger partial charge in [-0.1, -0.05) is 24.3 Å². The van der Waals surface area contributed by atoms with Crippen LogP contribution in [0.4, 0.5) is 0 Å². The van der Waals surface area contributed by atoms with E-state index >= 15 is 0 Å². The van der Waals surface area contributed by atoms with Gasteiger partial charge >= 0.3 is 0 Å². The molecule has 0 saturated carbocycles. The molecule has 106 valence electrons. The summed E-state index contributed by atoms with van der Waals surface area (Å²) in [5.74, 6) is 0. The topological polar surface area (TPSA) is 15.3 Å². The number of hydrogen-bond donors (Lipinski definition) is 1. The van der Waals surface area contributed by atoms with Gasteiger partial charge in [0.25, 0.3) is 0 Å². The lowest BCUT2D eigenvalue weighted by Gasteiger charge is -2.40. The van der Waals surface area contributed by atoms with Crippen molar-refractivity contribution in [2.45, 2.75) is 51.6 Å². The summed E-state index contributed by atoms with van der Waals surface area (Å²) in [7, 11) is 2.28. The number of nitrogens with one attached hydrogen (secondary N) is 1. The van der Waals surface area contributed by atoms with Crippen molar-refractivity contribution in [1.82, 2.24) is 10.2 Å². The molecule has 0 aliphatic carbocycles. The lowest BCUT2D eigenvalue weighted by Crippen LogP contribution is -2.52. The van der Waals surface area contributed by atoms with E-state index < -0.39 is 0 Å². The van der Waals surface area contributed by atoms with E-state index in [-0.39, 0.29) is 0 Å². The average Bonchev–Trinajstić information content (AvgIpc) is 2.36. The van der Waals surface area contributed by atoms with Crippen LogP contribution in [-0.2, 0) is 6.42 Å². The Hall–Kier alpha value is -0.860. The number of hydrogen-bond acceptors (Lipinski definition) is 2. The molecule has 1 N–H and O–H groups in total. The van der Waals surface area contributed by atoms with Gasteiger partial charge in [0.05, 0.1) is 0 Å². The van der Waals surface area contributed by atoms with Crippen LogP contribution >= 0.6 is 0 Å². The number of rotatable bonds is 4. The summed E-state index contributed by atoms with van der Waals surface area (Å²) in [6.07, 6.45) is 3.68. The van der Waals surface area contributed by atoms with E-state index in [0.717, 1.165) is 25.6 Å². The third kappa shape index (κ3) is 4.05. The maximum absolute atomic E-state index is 3.60. The number of nitrogens with zero attached hydrogens (tertiary/aromatic N) is 1. The van der Waals surface area contributed by atoms with Crippen LogP contribution < -0.4 is 5.32 Å². The fourth-order valence-corrected chi connectivity index (χ4v) is 3.09. The van der Waals surface area contributed by atoms with Gasteiger partial charge in [0, 0.05) is 18.1 Å². The van der Waals surface area contributed by atoms with Gasteiger partial charge in [0.1, 0.15) is 0 Å². The van der Waals surface area contributed by atoms with Crippen LogP contribution in [0.3, 0.4) is 0 Å². The lowest BCUT2D eigenvalue weighted by atomic mass is 9.88. The number of piperidine rings is 1. The van der Waals surface area contributed by atoms with E-state index in [4.69, 9.17) is 0 Å². The van der Waals surface area contributed by atoms with E-state index in [0.29, 0.717) is 5.54 Å². The van der Waals surface area contributed by atoms with Crippen LogP contribution in [0.5, 0.6) is 0 Å². The molecule has 1 aliphatic rings. The highest BCUT2D eigenvalue weighted by atomic mass is 15.1. The van der Waals surface area contributed by atoms with Crippen molar-refractivity contribution in [1.29, 1.82) is 0 Å². The monoisotopic (exact) mass is 260 g/mol. The number of likely N-dealkylation sites (N-methyl/N-ethyl adjacent to an activating group) is 1. The maximum Gasteiger partial charge on any atom is 0.0140 e. The summed E-state index contributed by atoms with van der Waals surface area (Å²) in [6, 6.07) is 9.46. The lowest BCUT2D eigenvalue weighted by molar-refractivity contribution is 0.145. The molecule has 1 atom stereocenters. The van der Waals surface area contributed by atoms with Crippen molar-refractivity contribution in [2.75, 3.05) is 20.1 Å². The molecule has 1 unspecified atom stereocenters. The Morgan fingerprint density at radius 1 is 1.32 bits per heavy atom. The van der Waals surface area contributed by atoms with Crippen molar-refractivity contribution in [3.8, 4) is 0 Å². The summed E-state index contributed by atoms with van der Waals surface area (Å²) in [5.41, 5.74) is 3.20. The van der Waals surface area contributed by atoms with Crippen LogP contribution in [0.1, 0.15) is 37.8 Å². The summed E-state index contributed by atoms with van der Waals surface area (Å²) >= 11 is 0. The number of benzene rings is 1. The normalized spacial score (nSPS) is 22.7. The van der Waals surface area contributed by atoms with Crippen molar-refractivity contribution in [2.24, 2.45) is 0 Å². The van der Waals surface area contributed by atoms with E-state index in [1.807, 2.05) is 0 Å². The Bertz CT molecular complexity index is 411. The van der Waals surface area contributed by atoms with Crippen LogP contribution in [-0.4, -0.2) is 36.6 Å². The van der Waals surface area contributed by atoms with E-state index in [1.54, 1.807) is 0 Å². The predicted molar refractivity (Wildman–Crippen MR) is 82.6 cm³/mol. The molecule has 1 heterocycles. The zero-order valence-electron chi connectivity index (χ0n) is 12.9. The van der Waals surface area contributed by atoms with Crippen LogP contribution in [0.25, 0.3) is 0 Å². The van der Waals surface area contributed by atoms with Crippen molar-refractivity contribution < 1.29 is 0 Å². The molecule has 0 amide bonds. The summed E-state index contributed by atoms with van der Waals surface area (Å²) in [6.45, 7) is 9.14. The second kappa shape index (κ2) is 6.06. The zero-order chi connectivity index (χ0) is 13.9. The standard InChI is InChI=1S/C17H28N2/c1-14-7-5-6-8-15(14)10-12-19(4)16-9-11-18-17(2,3)13-16/h5-8,16,18H,9-13H2,1-4H3. The highest BCUT2D eigenvalue weighted by Crippen LogP contribution is 2.22. The molecule has 2 rings (SSSR count). The molecule has 0 aromatic heterocycles. The van der Waals surface area contributed by atoms with Gasteiger partial charge in [0.2, 0.25) is 0 Å². The Balaban J connectivity index is 1.87. The third-order valence-corrected chi connectivity index (χ3v) is 4.45. The minimum absolute atomic E-state index is 0.292. The van der Waals surface area contributed by atoms with Crippen molar-refractivity contribution in [3.63, 3.8) is 0 Å². The molecule has 0 bridgehead atoms.